The summed E-state index contributed by atoms with van der Waals surface area (Å²) in [6.45, 7) is 2.61. The van der Waals surface area contributed by atoms with E-state index in [1.165, 1.54) is 0 Å². The van der Waals surface area contributed by atoms with Crippen molar-refractivity contribution in [2.75, 3.05) is 6.54 Å². The van der Waals surface area contributed by atoms with Crippen LogP contribution in [-0.4, -0.2) is 28.1 Å². The van der Waals surface area contributed by atoms with E-state index in [1.807, 2.05) is 42.9 Å². The monoisotopic (exact) mass is 285 g/mol. The molecule has 1 aromatic carbocycles. The zero-order valence-corrected chi connectivity index (χ0v) is 12.3. The summed E-state index contributed by atoms with van der Waals surface area (Å²) in [6, 6.07) is 5.62. The third-order valence-corrected chi connectivity index (χ3v) is 3.71. The molecule has 0 radical (unpaired) electrons. The zero-order chi connectivity index (χ0) is 14.8. The van der Waals surface area contributed by atoms with Crippen LogP contribution < -0.4 is 10.1 Å². The van der Waals surface area contributed by atoms with E-state index in [0.29, 0.717) is 12.1 Å². The molecule has 2 heterocycles. The molecule has 0 saturated heterocycles. The molecule has 110 valence electrons. The third kappa shape index (κ3) is 2.91. The Labute approximate surface area is 124 Å². The average molecular weight is 285 g/mol. The first-order valence-electron chi connectivity index (χ1n) is 7.17. The van der Waals surface area contributed by atoms with E-state index in [4.69, 9.17) is 4.74 Å². The highest BCUT2D eigenvalue weighted by Gasteiger charge is 2.20. The maximum Gasteiger partial charge on any atom is 0.251 e. The number of nitrogens with one attached hydrogen (secondary N) is 1. The molecule has 0 saturated carbocycles. The molecule has 1 N–H and O–H groups in total. The van der Waals surface area contributed by atoms with Crippen molar-refractivity contribution in [3.8, 4) is 5.75 Å². The molecule has 0 unspecified atom stereocenters. The number of fused-ring (bicyclic) bond motifs is 1. The van der Waals surface area contributed by atoms with Crippen LogP contribution in [0.15, 0.2) is 30.6 Å². The molecule has 1 aliphatic heterocycles. The number of imidazole rings is 1. The summed E-state index contributed by atoms with van der Waals surface area (Å²) in [5, 5.41) is 2.93. The van der Waals surface area contributed by atoms with Gasteiger partial charge in [-0.3, -0.25) is 4.79 Å². The number of ether oxygens (including phenoxy) is 1. The van der Waals surface area contributed by atoms with Crippen molar-refractivity contribution < 1.29 is 9.53 Å². The molecular weight excluding hydrogens is 266 g/mol. The molecule has 5 heteroatoms. The molecular formula is C16H19N3O2. The minimum atomic E-state index is -0.0495. The number of nitrogens with zero attached hydrogens (tertiary/aromatic N) is 2. The molecule has 3 rings (SSSR count). The fourth-order valence-corrected chi connectivity index (χ4v) is 2.59. The van der Waals surface area contributed by atoms with Gasteiger partial charge in [0.1, 0.15) is 17.7 Å². The Hall–Kier alpha value is -2.30. The number of rotatable bonds is 4. The van der Waals surface area contributed by atoms with Crippen LogP contribution in [0.5, 0.6) is 5.75 Å². The van der Waals surface area contributed by atoms with Gasteiger partial charge in [-0.15, -0.1) is 0 Å². The molecule has 0 spiro atoms. The molecule has 0 aliphatic carbocycles. The van der Waals surface area contributed by atoms with Crippen molar-refractivity contribution in [2.24, 2.45) is 7.05 Å². The lowest BCUT2D eigenvalue weighted by Gasteiger charge is -2.07. The quantitative estimate of drug-likeness (QED) is 0.930. The molecule has 2 aromatic rings. The molecule has 1 atom stereocenters. The van der Waals surface area contributed by atoms with Gasteiger partial charge in [0.05, 0.1) is 0 Å². The first-order chi connectivity index (χ1) is 10.1. The minimum Gasteiger partial charge on any atom is -0.490 e. The Morgan fingerprint density at radius 2 is 2.38 bits per heavy atom. The van der Waals surface area contributed by atoms with Crippen LogP contribution in [0.4, 0.5) is 0 Å². The van der Waals surface area contributed by atoms with Crippen molar-refractivity contribution >= 4 is 5.91 Å². The number of aryl methyl sites for hydroxylation is 1. The van der Waals surface area contributed by atoms with E-state index in [-0.39, 0.29) is 12.0 Å². The van der Waals surface area contributed by atoms with Crippen molar-refractivity contribution in [2.45, 2.75) is 25.9 Å². The molecule has 0 bridgehead atoms. The van der Waals surface area contributed by atoms with Gasteiger partial charge in [-0.1, -0.05) is 0 Å². The summed E-state index contributed by atoms with van der Waals surface area (Å²) in [4.78, 5) is 16.4. The zero-order valence-electron chi connectivity index (χ0n) is 12.3. The van der Waals surface area contributed by atoms with E-state index < -0.39 is 0 Å². The topological polar surface area (TPSA) is 56.2 Å². The lowest BCUT2D eigenvalue weighted by Crippen LogP contribution is -2.26. The lowest BCUT2D eigenvalue weighted by atomic mass is 10.1. The first-order valence-corrected chi connectivity index (χ1v) is 7.17. The van der Waals surface area contributed by atoms with Crippen LogP contribution in [0, 0.1) is 0 Å². The van der Waals surface area contributed by atoms with Crippen LogP contribution in [-0.2, 0) is 19.9 Å². The summed E-state index contributed by atoms with van der Waals surface area (Å²) < 4.78 is 7.60. The number of hydrogen-bond acceptors (Lipinski definition) is 3. The number of amides is 1. The van der Waals surface area contributed by atoms with Gasteiger partial charge >= 0.3 is 0 Å². The van der Waals surface area contributed by atoms with Crippen molar-refractivity contribution in [3.63, 3.8) is 0 Å². The standard InChI is InChI=1S/C16H19N3O2/c1-11-9-13-10-12(3-4-14(13)21-11)16(20)18-6-5-15-17-7-8-19(15)2/h3-4,7-8,10-11H,5-6,9H2,1-2H3,(H,18,20)/t11-/m0/s1. The summed E-state index contributed by atoms with van der Waals surface area (Å²) in [6.07, 6.45) is 5.45. The van der Waals surface area contributed by atoms with Gasteiger partial charge < -0.3 is 14.6 Å². The van der Waals surface area contributed by atoms with E-state index in [2.05, 4.69) is 10.3 Å². The highest BCUT2D eigenvalue weighted by molar-refractivity contribution is 5.94. The van der Waals surface area contributed by atoms with Crippen LogP contribution in [0.2, 0.25) is 0 Å². The van der Waals surface area contributed by atoms with Gasteiger partial charge in [0.15, 0.2) is 0 Å². The van der Waals surface area contributed by atoms with E-state index >= 15 is 0 Å². The van der Waals surface area contributed by atoms with Crippen LogP contribution in [0.1, 0.15) is 28.7 Å². The van der Waals surface area contributed by atoms with Crippen LogP contribution in [0.3, 0.4) is 0 Å². The maximum atomic E-state index is 12.2. The highest BCUT2D eigenvalue weighted by atomic mass is 16.5. The van der Waals surface area contributed by atoms with Crippen LogP contribution >= 0.6 is 0 Å². The fourth-order valence-electron chi connectivity index (χ4n) is 2.59. The number of aromatic nitrogens is 2. The maximum absolute atomic E-state index is 12.2. The van der Waals surface area contributed by atoms with Gasteiger partial charge in [0.2, 0.25) is 0 Å². The van der Waals surface area contributed by atoms with E-state index in [0.717, 1.165) is 30.0 Å². The Morgan fingerprint density at radius 3 is 3.14 bits per heavy atom. The van der Waals surface area contributed by atoms with Crippen LogP contribution in [0.25, 0.3) is 0 Å². The number of carbonyl (C=O) groups excluding carboxylic acids is 1. The predicted molar refractivity (Wildman–Crippen MR) is 79.5 cm³/mol. The van der Waals surface area contributed by atoms with E-state index in [1.54, 1.807) is 6.20 Å². The number of hydrogen-bond donors (Lipinski definition) is 1. The second-order valence-corrected chi connectivity index (χ2v) is 5.42. The fraction of sp³-hybridized carbons (Fsp3) is 0.375. The average Bonchev–Trinajstić information content (AvgIpc) is 3.02. The molecule has 1 aromatic heterocycles. The van der Waals surface area contributed by atoms with Crippen molar-refractivity contribution in [1.29, 1.82) is 0 Å². The second kappa shape index (κ2) is 5.60. The third-order valence-electron chi connectivity index (χ3n) is 3.71. The highest BCUT2D eigenvalue weighted by Crippen LogP contribution is 2.29. The van der Waals surface area contributed by atoms with Gasteiger partial charge in [-0.05, 0) is 30.7 Å². The Bertz CT molecular complexity index is 663. The molecule has 21 heavy (non-hydrogen) atoms. The van der Waals surface area contributed by atoms with Gasteiger partial charge in [-0.2, -0.15) is 0 Å². The minimum absolute atomic E-state index is 0.0495. The smallest absolute Gasteiger partial charge is 0.251 e. The van der Waals surface area contributed by atoms with Crippen molar-refractivity contribution in [1.82, 2.24) is 14.9 Å². The molecule has 5 nitrogen and oxygen atoms in total. The normalized spacial score (nSPS) is 16.4. The lowest BCUT2D eigenvalue weighted by molar-refractivity contribution is 0.0954. The first kappa shape index (κ1) is 13.7. The molecule has 0 fully saturated rings. The number of benzene rings is 1. The van der Waals surface area contributed by atoms with E-state index in [9.17, 15) is 4.79 Å². The number of carbonyl (C=O) groups is 1. The van der Waals surface area contributed by atoms with Gasteiger partial charge in [-0.25, -0.2) is 4.98 Å². The molecule has 1 amide bonds. The second-order valence-electron chi connectivity index (χ2n) is 5.42. The summed E-state index contributed by atoms with van der Waals surface area (Å²) in [5.74, 6) is 1.81. The summed E-state index contributed by atoms with van der Waals surface area (Å²) in [7, 11) is 1.95. The van der Waals surface area contributed by atoms with Gasteiger partial charge in [0, 0.05) is 44.4 Å². The predicted octanol–water partition coefficient (Wildman–Crippen LogP) is 1.72. The summed E-state index contributed by atoms with van der Waals surface area (Å²) >= 11 is 0. The molecule has 1 aliphatic rings. The van der Waals surface area contributed by atoms with Crippen molar-refractivity contribution in [3.05, 3.63) is 47.5 Å². The largest absolute Gasteiger partial charge is 0.490 e. The SMILES string of the molecule is C[C@H]1Cc2cc(C(=O)NCCc3nccn3C)ccc2O1. The summed E-state index contributed by atoms with van der Waals surface area (Å²) in [5.41, 5.74) is 1.80. The Morgan fingerprint density at radius 1 is 1.52 bits per heavy atom. The Kier molecular flexibility index (Phi) is 3.64. The van der Waals surface area contributed by atoms with Gasteiger partial charge in [0.25, 0.3) is 5.91 Å². The Balaban J connectivity index is 1.59.